The molecule has 0 unspecified atom stereocenters. The minimum Gasteiger partial charge on any atom is -0.355 e. The summed E-state index contributed by atoms with van der Waals surface area (Å²) in [4.78, 5) is 6.35. The number of anilines is 1. The number of aromatic nitrogens is 1. The molecule has 0 amide bonds. The lowest BCUT2D eigenvalue weighted by atomic mass is 10.1. The van der Waals surface area contributed by atoms with Crippen LogP contribution in [0.5, 0.6) is 0 Å². The van der Waals surface area contributed by atoms with E-state index < -0.39 is 0 Å². The minimum absolute atomic E-state index is 0.0846. The fourth-order valence-corrected chi connectivity index (χ4v) is 2.07. The summed E-state index contributed by atoms with van der Waals surface area (Å²) in [7, 11) is 1.93. The smallest absolute Gasteiger partial charge is 0.133 e. The highest BCUT2D eigenvalue weighted by atomic mass is 19.1. The lowest BCUT2D eigenvalue weighted by molar-refractivity contribution is 0.625. The van der Waals surface area contributed by atoms with Gasteiger partial charge in [0.1, 0.15) is 11.6 Å². The molecule has 0 saturated carbocycles. The number of pyridine rings is 1. The second-order valence-corrected chi connectivity index (χ2v) is 4.69. The van der Waals surface area contributed by atoms with Crippen LogP contribution in [0.2, 0.25) is 0 Å². The van der Waals surface area contributed by atoms with Crippen LogP contribution in [0.3, 0.4) is 0 Å². The number of halogens is 1. The third-order valence-electron chi connectivity index (χ3n) is 2.98. The van der Waals surface area contributed by atoms with Gasteiger partial charge in [-0.25, -0.2) is 9.37 Å². The van der Waals surface area contributed by atoms with E-state index in [1.165, 1.54) is 12.1 Å². The van der Waals surface area contributed by atoms with Crippen LogP contribution in [-0.4, -0.2) is 12.0 Å². The predicted molar refractivity (Wildman–Crippen MR) is 75.3 cm³/mol. The standard InChI is InChI=1S/C15H18FN3/c1-11(17)14-7-4-8-18-15(14)19(2)10-12-5-3-6-13(16)9-12/h3-9,11H,10,17H2,1-2H3/t11-/m1/s1. The van der Waals surface area contributed by atoms with Crippen molar-refractivity contribution in [3.05, 3.63) is 59.5 Å². The van der Waals surface area contributed by atoms with Crippen LogP contribution in [-0.2, 0) is 6.54 Å². The van der Waals surface area contributed by atoms with E-state index in [1.54, 1.807) is 12.3 Å². The molecule has 0 aliphatic rings. The first-order valence-electron chi connectivity index (χ1n) is 6.24. The van der Waals surface area contributed by atoms with Crippen molar-refractivity contribution in [1.82, 2.24) is 4.98 Å². The number of benzene rings is 1. The van der Waals surface area contributed by atoms with Gasteiger partial charge in [-0.2, -0.15) is 0 Å². The minimum atomic E-state index is -0.223. The van der Waals surface area contributed by atoms with Crippen molar-refractivity contribution in [3.63, 3.8) is 0 Å². The van der Waals surface area contributed by atoms with Crippen LogP contribution >= 0.6 is 0 Å². The summed E-state index contributed by atoms with van der Waals surface area (Å²) in [6.07, 6.45) is 1.74. The van der Waals surface area contributed by atoms with Gasteiger partial charge in [-0.05, 0) is 30.7 Å². The number of nitrogens with two attached hydrogens (primary N) is 1. The fourth-order valence-electron chi connectivity index (χ4n) is 2.07. The molecule has 2 N–H and O–H groups in total. The molecule has 0 saturated heterocycles. The van der Waals surface area contributed by atoms with Crippen molar-refractivity contribution < 1.29 is 4.39 Å². The van der Waals surface area contributed by atoms with E-state index in [-0.39, 0.29) is 11.9 Å². The first-order chi connectivity index (χ1) is 9.08. The summed E-state index contributed by atoms with van der Waals surface area (Å²) in [6.45, 7) is 2.52. The molecule has 0 aliphatic carbocycles. The van der Waals surface area contributed by atoms with Gasteiger partial charge in [-0.15, -0.1) is 0 Å². The van der Waals surface area contributed by atoms with E-state index >= 15 is 0 Å². The van der Waals surface area contributed by atoms with Gasteiger partial charge in [0, 0.05) is 31.4 Å². The van der Waals surface area contributed by atoms with Gasteiger partial charge in [0.2, 0.25) is 0 Å². The van der Waals surface area contributed by atoms with Gasteiger partial charge in [0.05, 0.1) is 0 Å². The number of hydrogen-bond donors (Lipinski definition) is 1. The van der Waals surface area contributed by atoms with E-state index in [9.17, 15) is 4.39 Å². The Bertz CT molecular complexity index is 555. The Morgan fingerprint density at radius 2 is 2.11 bits per heavy atom. The van der Waals surface area contributed by atoms with Crippen LogP contribution < -0.4 is 10.6 Å². The number of hydrogen-bond acceptors (Lipinski definition) is 3. The summed E-state index contributed by atoms with van der Waals surface area (Å²) >= 11 is 0. The van der Waals surface area contributed by atoms with Crippen LogP contribution in [0.15, 0.2) is 42.6 Å². The van der Waals surface area contributed by atoms with Gasteiger partial charge in [-0.3, -0.25) is 0 Å². The molecule has 2 aromatic rings. The summed E-state index contributed by atoms with van der Waals surface area (Å²) < 4.78 is 13.2. The van der Waals surface area contributed by atoms with Crippen LogP contribution in [0.1, 0.15) is 24.1 Å². The highest BCUT2D eigenvalue weighted by Gasteiger charge is 2.12. The van der Waals surface area contributed by atoms with Gasteiger partial charge in [-0.1, -0.05) is 18.2 Å². The summed E-state index contributed by atoms with van der Waals surface area (Å²) in [5, 5.41) is 0. The molecule has 4 heteroatoms. The molecule has 0 aliphatic heterocycles. The van der Waals surface area contributed by atoms with Crippen molar-refractivity contribution in [1.29, 1.82) is 0 Å². The quantitative estimate of drug-likeness (QED) is 0.918. The summed E-state index contributed by atoms with van der Waals surface area (Å²) in [5.41, 5.74) is 7.84. The zero-order valence-corrected chi connectivity index (χ0v) is 11.2. The first-order valence-corrected chi connectivity index (χ1v) is 6.24. The zero-order chi connectivity index (χ0) is 13.8. The van der Waals surface area contributed by atoms with E-state index in [0.717, 1.165) is 16.9 Å². The molecule has 1 aromatic heterocycles. The molecule has 1 heterocycles. The Hall–Kier alpha value is -1.94. The first kappa shape index (κ1) is 13.5. The van der Waals surface area contributed by atoms with Crippen LogP contribution in [0.4, 0.5) is 10.2 Å². The SMILES string of the molecule is C[C@@H](N)c1cccnc1N(C)Cc1cccc(F)c1. The monoisotopic (exact) mass is 259 g/mol. The molecule has 3 nitrogen and oxygen atoms in total. The normalized spacial score (nSPS) is 12.2. The molecule has 0 spiro atoms. The third kappa shape index (κ3) is 3.29. The Morgan fingerprint density at radius 1 is 1.32 bits per heavy atom. The molecule has 1 aromatic carbocycles. The maximum atomic E-state index is 13.2. The van der Waals surface area contributed by atoms with Crippen LogP contribution in [0, 0.1) is 5.82 Å². The zero-order valence-electron chi connectivity index (χ0n) is 11.2. The Labute approximate surface area is 112 Å². The Morgan fingerprint density at radius 3 is 2.79 bits per heavy atom. The second-order valence-electron chi connectivity index (χ2n) is 4.69. The van der Waals surface area contributed by atoms with Crippen molar-refractivity contribution in [2.24, 2.45) is 5.73 Å². The molecule has 100 valence electrons. The highest BCUT2D eigenvalue weighted by molar-refractivity contribution is 5.48. The van der Waals surface area contributed by atoms with E-state index in [1.807, 2.05) is 37.1 Å². The molecule has 2 rings (SSSR count). The average molecular weight is 259 g/mol. The maximum Gasteiger partial charge on any atom is 0.133 e. The van der Waals surface area contributed by atoms with Gasteiger partial charge < -0.3 is 10.6 Å². The maximum absolute atomic E-state index is 13.2. The predicted octanol–water partition coefficient (Wildman–Crippen LogP) is 2.88. The number of nitrogens with zero attached hydrogens (tertiary/aromatic N) is 2. The Balaban J connectivity index is 2.23. The molecular weight excluding hydrogens is 241 g/mol. The van der Waals surface area contributed by atoms with E-state index in [0.29, 0.717) is 6.54 Å². The largest absolute Gasteiger partial charge is 0.355 e. The van der Waals surface area contributed by atoms with Crippen molar-refractivity contribution in [2.75, 3.05) is 11.9 Å². The molecular formula is C15H18FN3. The molecule has 0 bridgehead atoms. The van der Waals surface area contributed by atoms with Crippen LogP contribution in [0.25, 0.3) is 0 Å². The lowest BCUT2D eigenvalue weighted by Crippen LogP contribution is -2.21. The second kappa shape index (κ2) is 5.80. The lowest BCUT2D eigenvalue weighted by Gasteiger charge is -2.22. The third-order valence-corrected chi connectivity index (χ3v) is 2.98. The van der Waals surface area contributed by atoms with Gasteiger partial charge in [0.25, 0.3) is 0 Å². The molecule has 0 fully saturated rings. The van der Waals surface area contributed by atoms with Crippen molar-refractivity contribution in [2.45, 2.75) is 19.5 Å². The Kier molecular flexibility index (Phi) is 4.12. The highest BCUT2D eigenvalue weighted by Crippen LogP contribution is 2.22. The topological polar surface area (TPSA) is 42.1 Å². The summed E-state index contributed by atoms with van der Waals surface area (Å²) in [6, 6.07) is 10.3. The molecule has 1 atom stereocenters. The van der Waals surface area contributed by atoms with Gasteiger partial charge >= 0.3 is 0 Å². The fraction of sp³-hybridized carbons (Fsp3) is 0.267. The average Bonchev–Trinajstić information content (AvgIpc) is 2.38. The van der Waals surface area contributed by atoms with E-state index in [2.05, 4.69) is 4.98 Å². The summed E-state index contributed by atoms with van der Waals surface area (Å²) in [5.74, 6) is 0.612. The number of rotatable bonds is 4. The molecule has 19 heavy (non-hydrogen) atoms. The van der Waals surface area contributed by atoms with E-state index in [4.69, 9.17) is 5.73 Å². The van der Waals surface area contributed by atoms with Gasteiger partial charge in [0.15, 0.2) is 0 Å². The van der Waals surface area contributed by atoms with Crippen molar-refractivity contribution in [3.8, 4) is 0 Å². The molecule has 0 radical (unpaired) electrons. The van der Waals surface area contributed by atoms with Crippen molar-refractivity contribution >= 4 is 5.82 Å².